The summed E-state index contributed by atoms with van der Waals surface area (Å²) in [5.74, 6) is 0.491. The third-order valence-electron chi connectivity index (χ3n) is 0.805. The molecule has 0 aromatic heterocycles. The van der Waals surface area contributed by atoms with Crippen LogP contribution in [0.15, 0.2) is 0 Å². The number of rotatable bonds is 2. The molecule has 0 spiro atoms. The lowest BCUT2D eigenvalue weighted by atomic mass is 10.2. The van der Waals surface area contributed by atoms with E-state index in [4.69, 9.17) is 11.5 Å². The van der Waals surface area contributed by atoms with Crippen LogP contribution in [-0.2, 0) is 0 Å². The molecule has 2 nitrogen and oxygen atoms in total. The fourth-order valence-corrected chi connectivity index (χ4v) is 0.0962. The molecule has 0 radical (unpaired) electrons. The molecule has 54 valence electrons. The monoisotopic (exact) mass is 160 g/mol. The minimum Gasteiger partial charge on any atom is -0.330 e. The average Bonchev–Trinajstić information content (AvgIpc) is 1.65. The van der Waals surface area contributed by atoms with Crippen LogP contribution in [0.1, 0.15) is 6.92 Å². The molecule has 0 saturated heterocycles. The summed E-state index contributed by atoms with van der Waals surface area (Å²) in [4.78, 5) is 0. The van der Waals surface area contributed by atoms with Gasteiger partial charge in [-0.2, -0.15) is 0 Å². The van der Waals surface area contributed by atoms with Crippen LogP contribution in [0.3, 0.4) is 0 Å². The van der Waals surface area contributed by atoms with E-state index in [2.05, 4.69) is 0 Å². The van der Waals surface area contributed by atoms with Gasteiger partial charge < -0.3 is 11.5 Å². The van der Waals surface area contributed by atoms with Crippen LogP contribution in [0.2, 0.25) is 0 Å². The number of halogens is 2. The van der Waals surface area contributed by atoms with Crippen LogP contribution in [-0.4, -0.2) is 13.1 Å². The molecular formula is C4H14Cl2N2. The van der Waals surface area contributed by atoms with Gasteiger partial charge in [0.05, 0.1) is 0 Å². The van der Waals surface area contributed by atoms with Gasteiger partial charge in [-0.3, -0.25) is 0 Å². The van der Waals surface area contributed by atoms with Crippen molar-refractivity contribution in [3.63, 3.8) is 0 Å². The van der Waals surface area contributed by atoms with Gasteiger partial charge >= 0.3 is 0 Å². The Balaban J connectivity index is -0.000000125. The Morgan fingerprint density at radius 1 is 1.12 bits per heavy atom. The van der Waals surface area contributed by atoms with E-state index in [0.717, 1.165) is 0 Å². The zero-order chi connectivity index (χ0) is 4.99. The first kappa shape index (κ1) is 15.8. The highest BCUT2D eigenvalue weighted by molar-refractivity contribution is 5.85. The van der Waals surface area contributed by atoms with Gasteiger partial charge in [0.25, 0.3) is 0 Å². The van der Waals surface area contributed by atoms with Crippen molar-refractivity contribution in [1.29, 1.82) is 0 Å². The van der Waals surface area contributed by atoms with Crippen LogP contribution >= 0.6 is 24.8 Å². The zero-order valence-corrected chi connectivity index (χ0v) is 6.60. The molecule has 4 N–H and O–H groups in total. The quantitative estimate of drug-likeness (QED) is 0.615. The first-order valence-corrected chi connectivity index (χ1v) is 2.21. The second-order valence-corrected chi connectivity index (χ2v) is 1.58. The molecule has 0 bridgehead atoms. The van der Waals surface area contributed by atoms with Crippen molar-refractivity contribution >= 4 is 24.8 Å². The van der Waals surface area contributed by atoms with E-state index < -0.39 is 0 Å². The summed E-state index contributed by atoms with van der Waals surface area (Å²) in [6, 6.07) is 0. The Bertz CT molecular complexity index is 31.2. The molecule has 0 atom stereocenters. The van der Waals surface area contributed by atoms with Crippen LogP contribution in [0, 0.1) is 5.92 Å². The molecule has 0 saturated carbocycles. The summed E-state index contributed by atoms with van der Waals surface area (Å²) < 4.78 is 0. The Morgan fingerprint density at radius 2 is 1.38 bits per heavy atom. The van der Waals surface area contributed by atoms with E-state index in [1.807, 2.05) is 6.92 Å². The van der Waals surface area contributed by atoms with Crippen LogP contribution < -0.4 is 11.5 Å². The second kappa shape index (κ2) is 10.5. The van der Waals surface area contributed by atoms with E-state index in [-0.39, 0.29) is 24.8 Å². The van der Waals surface area contributed by atoms with Crippen molar-refractivity contribution in [3.05, 3.63) is 0 Å². The molecule has 8 heavy (non-hydrogen) atoms. The second-order valence-electron chi connectivity index (χ2n) is 1.58. The molecule has 0 aromatic rings. The third kappa shape index (κ3) is 9.71. The number of hydrogen-bond donors (Lipinski definition) is 2. The first-order chi connectivity index (χ1) is 2.81. The fraction of sp³-hybridized carbons (Fsp3) is 1.00. The van der Waals surface area contributed by atoms with Crippen molar-refractivity contribution < 1.29 is 0 Å². The van der Waals surface area contributed by atoms with Crippen LogP contribution in [0.5, 0.6) is 0 Å². The largest absolute Gasteiger partial charge is 0.330 e. The van der Waals surface area contributed by atoms with Crippen molar-refractivity contribution in [3.8, 4) is 0 Å². The maximum absolute atomic E-state index is 5.20. The van der Waals surface area contributed by atoms with Gasteiger partial charge in [-0.25, -0.2) is 0 Å². The summed E-state index contributed by atoms with van der Waals surface area (Å²) in [5, 5.41) is 0. The Morgan fingerprint density at radius 3 is 1.38 bits per heavy atom. The molecule has 0 aliphatic rings. The molecule has 0 rings (SSSR count). The third-order valence-corrected chi connectivity index (χ3v) is 0.805. The van der Waals surface area contributed by atoms with E-state index in [1.165, 1.54) is 0 Å². The van der Waals surface area contributed by atoms with Crippen molar-refractivity contribution in [2.24, 2.45) is 17.4 Å². The lowest BCUT2D eigenvalue weighted by molar-refractivity contribution is 0.608. The van der Waals surface area contributed by atoms with E-state index in [1.54, 1.807) is 0 Å². The smallest absolute Gasteiger partial charge is 0.00395 e. The van der Waals surface area contributed by atoms with Crippen molar-refractivity contribution in [2.75, 3.05) is 13.1 Å². The molecule has 0 amide bonds. The zero-order valence-electron chi connectivity index (χ0n) is 4.96. The van der Waals surface area contributed by atoms with Gasteiger partial charge in [0, 0.05) is 0 Å². The molecule has 0 fully saturated rings. The Hall–Kier alpha value is 0.500. The van der Waals surface area contributed by atoms with E-state index >= 15 is 0 Å². The molecule has 0 heterocycles. The lowest BCUT2D eigenvalue weighted by Crippen LogP contribution is -2.19. The SMILES string of the molecule is CC(CN)CN.Cl.Cl. The fourth-order valence-electron chi connectivity index (χ4n) is 0.0962. The molecule has 0 aliphatic heterocycles. The summed E-state index contributed by atoms with van der Waals surface area (Å²) in [6.45, 7) is 3.44. The topological polar surface area (TPSA) is 52.0 Å². The highest BCUT2D eigenvalue weighted by Crippen LogP contribution is 1.81. The first-order valence-electron chi connectivity index (χ1n) is 2.21. The summed E-state index contributed by atoms with van der Waals surface area (Å²) >= 11 is 0. The molecule has 0 aromatic carbocycles. The van der Waals surface area contributed by atoms with Crippen molar-refractivity contribution in [2.45, 2.75) is 6.92 Å². The van der Waals surface area contributed by atoms with Gasteiger partial charge in [0.1, 0.15) is 0 Å². The molecule has 0 aliphatic carbocycles. The van der Waals surface area contributed by atoms with E-state index in [9.17, 15) is 0 Å². The molecular weight excluding hydrogens is 147 g/mol. The van der Waals surface area contributed by atoms with Gasteiger partial charge in [0.15, 0.2) is 0 Å². The highest BCUT2D eigenvalue weighted by atomic mass is 35.5. The Labute approximate surface area is 62.8 Å². The van der Waals surface area contributed by atoms with Crippen LogP contribution in [0.25, 0.3) is 0 Å². The predicted octanol–water partition coefficient (Wildman–Crippen LogP) is 0.384. The van der Waals surface area contributed by atoms with Gasteiger partial charge in [-0.15, -0.1) is 24.8 Å². The van der Waals surface area contributed by atoms with Gasteiger partial charge in [-0.05, 0) is 19.0 Å². The number of hydrogen-bond acceptors (Lipinski definition) is 2. The standard InChI is InChI=1S/C4H12N2.2ClH/c1-4(2-5)3-6;;/h4H,2-3,5-6H2,1H3;2*1H. The highest BCUT2D eigenvalue weighted by Gasteiger charge is 1.89. The number of nitrogens with two attached hydrogens (primary N) is 2. The minimum absolute atomic E-state index is 0. The van der Waals surface area contributed by atoms with Gasteiger partial charge in [0.2, 0.25) is 0 Å². The average molecular weight is 161 g/mol. The Kier molecular flexibility index (Phi) is 20.7. The lowest BCUT2D eigenvalue weighted by Gasteiger charge is -1.99. The van der Waals surface area contributed by atoms with Crippen molar-refractivity contribution in [1.82, 2.24) is 0 Å². The summed E-state index contributed by atoms with van der Waals surface area (Å²) in [5.41, 5.74) is 10.4. The normalized spacial score (nSPS) is 7.50. The molecule has 4 heteroatoms. The van der Waals surface area contributed by atoms with Crippen LogP contribution in [0.4, 0.5) is 0 Å². The minimum atomic E-state index is 0. The molecule has 0 unspecified atom stereocenters. The van der Waals surface area contributed by atoms with Gasteiger partial charge in [-0.1, -0.05) is 6.92 Å². The van der Waals surface area contributed by atoms with E-state index in [0.29, 0.717) is 19.0 Å². The maximum atomic E-state index is 5.20. The predicted molar refractivity (Wildman–Crippen MR) is 41.8 cm³/mol. The summed E-state index contributed by atoms with van der Waals surface area (Å²) in [7, 11) is 0. The summed E-state index contributed by atoms with van der Waals surface area (Å²) in [6.07, 6.45) is 0. The maximum Gasteiger partial charge on any atom is -0.00395 e.